The Morgan fingerprint density at radius 2 is 2.03 bits per heavy atom. The van der Waals surface area contributed by atoms with Crippen LogP contribution in [0, 0.1) is 0 Å². The number of rotatable bonds is 6. The number of carbonyl (C=O) groups excluding carboxylic acids is 1. The molecule has 0 fully saturated rings. The predicted molar refractivity (Wildman–Crippen MR) is 123 cm³/mol. The molecule has 1 aromatic heterocycles. The van der Waals surface area contributed by atoms with Gasteiger partial charge in [-0.15, -0.1) is 0 Å². The van der Waals surface area contributed by atoms with Crippen molar-refractivity contribution in [2.24, 2.45) is 7.05 Å². The molecule has 3 aromatic rings. The van der Waals surface area contributed by atoms with E-state index in [1.807, 2.05) is 55.5 Å². The van der Waals surface area contributed by atoms with Gasteiger partial charge in [0.05, 0.1) is 12.2 Å². The van der Waals surface area contributed by atoms with E-state index in [1.54, 1.807) is 11.6 Å². The Bertz CT molecular complexity index is 1190. The van der Waals surface area contributed by atoms with Crippen molar-refractivity contribution in [2.45, 2.75) is 30.2 Å². The number of nitrogens with zero attached hydrogens (tertiary/aromatic N) is 2. The second-order valence-corrected chi connectivity index (χ2v) is 8.56. The van der Waals surface area contributed by atoms with Gasteiger partial charge in [-0.2, -0.15) is 4.98 Å². The Morgan fingerprint density at radius 1 is 1.23 bits per heavy atom. The predicted octanol–water partition coefficient (Wildman–Crippen LogP) is 4.60. The molecule has 0 spiro atoms. The number of halogens is 1. The zero-order chi connectivity index (χ0) is 22.0. The average Bonchev–Trinajstić information content (AvgIpc) is 2.76. The molecule has 6 nitrogen and oxygen atoms in total. The molecule has 1 amide bonds. The molecule has 1 aliphatic rings. The third kappa shape index (κ3) is 4.48. The van der Waals surface area contributed by atoms with Crippen molar-refractivity contribution < 1.29 is 9.53 Å². The van der Waals surface area contributed by atoms with Gasteiger partial charge in [0, 0.05) is 30.2 Å². The highest BCUT2D eigenvalue weighted by Gasteiger charge is 2.32. The van der Waals surface area contributed by atoms with E-state index in [9.17, 15) is 9.59 Å². The number of hydrogen-bond donors (Lipinski definition) is 1. The second kappa shape index (κ2) is 9.16. The van der Waals surface area contributed by atoms with Gasteiger partial charge in [-0.05, 0) is 36.2 Å². The average molecular weight is 456 g/mol. The van der Waals surface area contributed by atoms with Crippen LogP contribution in [0.1, 0.15) is 36.0 Å². The maximum atomic E-state index is 13.1. The molecule has 4 rings (SSSR count). The number of hydrogen-bond acceptors (Lipinski definition) is 5. The summed E-state index contributed by atoms with van der Waals surface area (Å²) >= 11 is 7.65. The number of ether oxygens (including phenoxy) is 1. The maximum Gasteiger partial charge on any atom is 0.279 e. The minimum Gasteiger partial charge on any atom is -0.494 e. The summed E-state index contributed by atoms with van der Waals surface area (Å²) in [5, 5.41) is 4.06. The Kier molecular flexibility index (Phi) is 6.34. The zero-order valence-corrected chi connectivity index (χ0v) is 18.8. The topological polar surface area (TPSA) is 73.2 Å². The molecule has 160 valence electrons. The first-order chi connectivity index (χ1) is 15.0. The molecule has 2 heterocycles. The molecule has 0 bridgehead atoms. The quantitative estimate of drug-likeness (QED) is 0.434. The van der Waals surface area contributed by atoms with Crippen LogP contribution in [-0.4, -0.2) is 22.1 Å². The van der Waals surface area contributed by atoms with Gasteiger partial charge in [0.25, 0.3) is 5.56 Å². The fourth-order valence-corrected chi connectivity index (χ4v) is 4.95. The van der Waals surface area contributed by atoms with Gasteiger partial charge >= 0.3 is 0 Å². The van der Waals surface area contributed by atoms with Crippen LogP contribution < -0.4 is 15.6 Å². The number of anilines is 1. The van der Waals surface area contributed by atoms with Crippen LogP contribution in [0.15, 0.2) is 58.5 Å². The summed E-state index contributed by atoms with van der Waals surface area (Å²) in [5.74, 6) is 1.25. The highest BCUT2D eigenvalue weighted by Crippen LogP contribution is 2.37. The van der Waals surface area contributed by atoms with Crippen molar-refractivity contribution in [3.05, 3.63) is 80.6 Å². The molecule has 0 aliphatic carbocycles. The molecule has 1 aliphatic heterocycles. The fraction of sp³-hybridized carbons (Fsp3) is 0.261. The molecule has 1 atom stereocenters. The smallest absolute Gasteiger partial charge is 0.279 e. The monoisotopic (exact) mass is 455 g/mol. The van der Waals surface area contributed by atoms with Crippen molar-refractivity contribution >= 4 is 35.1 Å². The van der Waals surface area contributed by atoms with Crippen LogP contribution in [0.2, 0.25) is 5.02 Å². The fourth-order valence-electron chi connectivity index (χ4n) is 3.69. The van der Waals surface area contributed by atoms with Crippen molar-refractivity contribution in [1.29, 1.82) is 0 Å². The molecule has 1 N–H and O–H groups in total. The summed E-state index contributed by atoms with van der Waals surface area (Å²) in [6.07, 6.45) is 0.186. The molecule has 31 heavy (non-hydrogen) atoms. The van der Waals surface area contributed by atoms with Crippen molar-refractivity contribution in [3.63, 3.8) is 0 Å². The van der Waals surface area contributed by atoms with E-state index in [0.717, 1.165) is 11.1 Å². The normalized spacial score (nSPS) is 15.3. The van der Waals surface area contributed by atoms with E-state index in [4.69, 9.17) is 16.3 Å². The summed E-state index contributed by atoms with van der Waals surface area (Å²) in [5.41, 5.74) is 1.98. The Morgan fingerprint density at radius 3 is 2.81 bits per heavy atom. The molecule has 0 saturated heterocycles. The van der Waals surface area contributed by atoms with E-state index in [2.05, 4.69) is 10.3 Å². The summed E-state index contributed by atoms with van der Waals surface area (Å²) in [6.45, 7) is 2.46. The van der Waals surface area contributed by atoms with E-state index < -0.39 is 0 Å². The van der Waals surface area contributed by atoms with Crippen LogP contribution >= 0.6 is 23.4 Å². The summed E-state index contributed by atoms with van der Waals surface area (Å²) < 4.78 is 7.37. The Hall–Kier alpha value is -2.77. The van der Waals surface area contributed by atoms with Gasteiger partial charge in [0.1, 0.15) is 11.6 Å². The number of carbonyl (C=O) groups is 1. The molecule has 2 aromatic carbocycles. The Labute approximate surface area is 189 Å². The van der Waals surface area contributed by atoms with E-state index in [1.165, 1.54) is 11.8 Å². The number of benzene rings is 2. The van der Waals surface area contributed by atoms with Crippen molar-refractivity contribution in [3.8, 4) is 5.75 Å². The second-order valence-electron chi connectivity index (χ2n) is 7.21. The lowest BCUT2D eigenvalue weighted by Gasteiger charge is -2.27. The van der Waals surface area contributed by atoms with Crippen LogP contribution in [-0.2, 0) is 17.6 Å². The van der Waals surface area contributed by atoms with Gasteiger partial charge in [0.15, 0.2) is 5.16 Å². The lowest BCUT2D eigenvalue weighted by Crippen LogP contribution is -2.33. The van der Waals surface area contributed by atoms with Gasteiger partial charge in [-0.3, -0.25) is 9.59 Å². The highest BCUT2D eigenvalue weighted by atomic mass is 35.5. The van der Waals surface area contributed by atoms with E-state index in [-0.39, 0.29) is 23.8 Å². The first kappa shape index (κ1) is 21.5. The lowest BCUT2D eigenvalue weighted by molar-refractivity contribution is -0.116. The first-order valence-electron chi connectivity index (χ1n) is 9.97. The minimum atomic E-state index is -0.377. The third-order valence-corrected chi connectivity index (χ3v) is 6.63. The standard InChI is InChI=1S/C23H22ClN3O3S/c1-3-30-16-9-6-8-14(11-16)17-12-19(28)25-21-20(17)22(29)26-23(27(21)2)31-13-15-7-4-5-10-18(15)24/h4-11,17H,3,12-13H2,1-2H3,(H,25,28). The number of fused-ring (bicyclic) bond motifs is 1. The third-order valence-electron chi connectivity index (χ3n) is 5.19. The number of nitrogens with one attached hydrogen (secondary N) is 1. The maximum absolute atomic E-state index is 13.1. The van der Waals surface area contributed by atoms with Gasteiger partial charge in [-0.1, -0.05) is 53.7 Å². The number of thioether (sulfide) groups is 1. The van der Waals surface area contributed by atoms with E-state index >= 15 is 0 Å². The van der Waals surface area contributed by atoms with Crippen LogP contribution in [0.25, 0.3) is 0 Å². The SMILES string of the molecule is CCOc1cccc(C2CC(=O)Nc3c2c(=O)nc(SCc2ccccc2Cl)n3C)c1. The number of amides is 1. The minimum absolute atomic E-state index is 0.137. The summed E-state index contributed by atoms with van der Waals surface area (Å²) in [4.78, 5) is 29.9. The van der Waals surface area contributed by atoms with Gasteiger partial charge in [-0.25, -0.2) is 0 Å². The Balaban J connectivity index is 1.71. The molecular formula is C23H22ClN3O3S. The zero-order valence-electron chi connectivity index (χ0n) is 17.2. The molecule has 0 saturated carbocycles. The van der Waals surface area contributed by atoms with Crippen LogP contribution in [0.3, 0.4) is 0 Å². The molecule has 0 radical (unpaired) electrons. The molecule has 1 unspecified atom stereocenters. The molecular weight excluding hydrogens is 434 g/mol. The number of aromatic nitrogens is 2. The van der Waals surface area contributed by atoms with E-state index in [0.29, 0.717) is 39.7 Å². The van der Waals surface area contributed by atoms with Crippen LogP contribution in [0.4, 0.5) is 5.82 Å². The van der Waals surface area contributed by atoms with Crippen molar-refractivity contribution in [1.82, 2.24) is 9.55 Å². The van der Waals surface area contributed by atoms with Gasteiger partial charge in [0.2, 0.25) is 5.91 Å². The van der Waals surface area contributed by atoms with Gasteiger partial charge < -0.3 is 14.6 Å². The summed E-state index contributed by atoms with van der Waals surface area (Å²) in [6, 6.07) is 15.1. The molecule has 8 heteroatoms. The largest absolute Gasteiger partial charge is 0.494 e. The highest BCUT2D eigenvalue weighted by molar-refractivity contribution is 7.98. The summed E-state index contributed by atoms with van der Waals surface area (Å²) in [7, 11) is 1.81. The lowest BCUT2D eigenvalue weighted by atomic mass is 9.86. The van der Waals surface area contributed by atoms with Crippen molar-refractivity contribution in [2.75, 3.05) is 11.9 Å². The van der Waals surface area contributed by atoms with Crippen LogP contribution in [0.5, 0.6) is 5.75 Å². The first-order valence-corrected chi connectivity index (χ1v) is 11.3.